The Balaban J connectivity index is 3.23. The Kier molecular flexibility index (Phi) is 3.10. The summed E-state index contributed by atoms with van der Waals surface area (Å²) in [4.78, 5) is 0. The summed E-state index contributed by atoms with van der Waals surface area (Å²) in [7, 11) is 0. The first kappa shape index (κ1) is 11.8. The maximum absolute atomic E-state index is 12.4. The van der Waals surface area contributed by atoms with Crippen LogP contribution < -0.4 is 0 Å². The van der Waals surface area contributed by atoms with Gasteiger partial charge in [0.2, 0.25) is 0 Å². The van der Waals surface area contributed by atoms with Crippen LogP contribution in [0.15, 0.2) is 24.3 Å². The fraction of sp³-hybridized carbons (Fsp3) is 0.333. The van der Waals surface area contributed by atoms with Crippen LogP contribution in [-0.4, -0.2) is 11.3 Å². The molecule has 1 atom stereocenters. The van der Waals surface area contributed by atoms with Crippen LogP contribution in [0, 0.1) is 3.57 Å². The first-order chi connectivity index (χ1) is 6.27. The molecular weight excluding hydrogens is 308 g/mol. The predicted molar refractivity (Wildman–Crippen MR) is 54.8 cm³/mol. The topological polar surface area (TPSA) is 20.2 Å². The molecule has 1 rings (SSSR count). The number of alkyl halides is 3. The van der Waals surface area contributed by atoms with E-state index in [1.165, 1.54) is 18.2 Å². The Morgan fingerprint density at radius 1 is 1.21 bits per heavy atom. The minimum Gasteiger partial charge on any atom is -0.376 e. The first-order valence-corrected chi connectivity index (χ1v) is 4.89. The maximum atomic E-state index is 12.4. The molecule has 14 heavy (non-hydrogen) atoms. The molecule has 0 saturated heterocycles. The van der Waals surface area contributed by atoms with Gasteiger partial charge in [-0.2, -0.15) is 13.2 Å². The van der Waals surface area contributed by atoms with Crippen molar-refractivity contribution in [3.05, 3.63) is 33.4 Å². The van der Waals surface area contributed by atoms with Gasteiger partial charge < -0.3 is 5.11 Å². The Morgan fingerprint density at radius 3 is 2.14 bits per heavy atom. The average Bonchev–Trinajstić information content (AvgIpc) is 2.02. The smallest absolute Gasteiger partial charge is 0.376 e. The van der Waals surface area contributed by atoms with Crippen LogP contribution in [-0.2, 0) is 5.60 Å². The van der Waals surface area contributed by atoms with Crippen molar-refractivity contribution in [2.75, 3.05) is 0 Å². The number of aliphatic hydroxyl groups is 1. The van der Waals surface area contributed by atoms with E-state index in [2.05, 4.69) is 0 Å². The van der Waals surface area contributed by atoms with E-state index in [4.69, 9.17) is 0 Å². The number of halogens is 4. The van der Waals surface area contributed by atoms with Crippen LogP contribution in [0.25, 0.3) is 0 Å². The summed E-state index contributed by atoms with van der Waals surface area (Å²) in [5.74, 6) is 0. The lowest BCUT2D eigenvalue weighted by molar-refractivity contribution is -0.259. The van der Waals surface area contributed by atoms with Crippen molar-refractivity contribution in [1.82, 2.24) is 0 Å². The third kappa shape index (κ3) is 2.03. The standard InChI is InChI=1S/C9H8F3IO/c1-8(14,9(10,11)12)6-4-2-3-5-7(6)13/h2-5,14H,1H3/t8-/m1/s1. The lowest BCUT2D eigenvalue weighted by Crippen LogP contribution is -2.39. The monoisotopic (exact) mass is 316 g/mol. The summed E-state index contributed by atoms with van der Waals surface area (Å²) in [6, 6.07) is 5.89. The zero-order valence-electron chi connectivity index (χ0n) is 7.27. The van der Waals surface area contributed by atoms with E-state index >= 15 is 0 Å². The van der Waals surface area contributed by atoms with E-state index in [1.807, 2.05) is 0 Å². The molecule has 5 heteroatoms. The molecule has 1 aromatic rings. The quantitative estimate of drug-likeness (QED) is 0.790. The molecule has 0 unspecified atom stereocenters. The molecule has 0 heterocycles. The highest BCUT2D eigenvalue weighted by Crippen LogP contribution is 2.39. The molecule has 1 aromatic carbocycles. The summed E-state index contributed by atoms with van der Waals surface area (Å²) in [6.07, 6.45) is -4.66. The van der Waals surface area contributed by atoms with Crippen molar-refractivity contribution in [2.24, 2.45) is 0 Å². The highest BCUT2D eigenvalue weighted by molar-refractivity contribution is 14.1. The van der Waals surface area contributed by atoms with Gasteiger partial charge in [0.25, 0.3) is 0 Å². The number of rotatable bonds is 1. The zero-order valence-corrected chi connectivity index (χ0v) is 9.43. The molecule has 0 fully saturated rings. The van der Waals surface area contributed by atoms with Gasteiger partial charge in [-0.1, -0.05) is 18.2 Å². The molecule has 1 nitrogen and oxygen atoms in total. The van der Waals surface area contributed by atoms with Gasteiger partial charge >= 0.3 is 6.18 Å². The molecule has 1 N–H and O–H groups in total. The molecule has 0 amide bonds. The van der Waals surface area contributed by atoms with E-state index < -0.39 is 11.8 Å². The second-order valence-corrected chi connectivity index (χ2v) is 4.21. The molecule has 0 aliphatic heterocycles. The first-order valence-electron chi connectivity index (χ1n) is 3.81. The zero-order chi connectivity index (χ0) is 11.0. The van der Waals surface area contributed by atoms with Crippen LogP contribution >= 0.6 is 22.6 Å². The minimum absolute atomic E-state index is 0.117. The summed E-state index contributed by atoms with van der Waals surface area (Å²) < 4.78 is 37.7. The molecular formula is C9H8F3IO. The van der Waals surface area contributed by atoms with Crippen molar-refractivity contribution in [3.63, 3.8) is 0 Å². The highest BCUT2D eigenvalue weighted by atomic mass is 127. The Morgan fingerprint density at radius 2 is 1.71 bits per heavy atom. The van der Waals surface area contributed by atoms with Crippen molar-refractivity contribution in [1.29, 1.82) is 0 Å². The average molecular weight is 316 g/mol. The van der Waals surface area contributed by atoms with E-state index in [-0.39, 0.29) is 5.56 Å². The largest absolute Gasteiger partial charge is 0.421 e. The van der Waals surface area contributed by atoms with E-state index in [1.54, 1.807) is 28.7 Å². The van der Waals surface area contributed by atoms with E-state index in [9.17, 15) is 18.3 Å². The van der Waals surface area contributed by atoms with Gasteiger partial charge in [0, 0.05) is 9.13 Å². The summed E-state index contributed by atoms with van der Waals surface area (Å²) in [6.45, 7) is 0.754. The SMILES string of the molecule is C[C@@](O)(c1ccccc1I)C(F)(F)F. The van der Waals surface area contributed by atoms with Crippen LogP contribution in [0.5, 0.6) is 0 Å². The molecule has 78 valence electrons. The fourth-order valence-corrected chi connectivity index (χ4v) is 1.92. The van der Waals surface area contributed by atoms with Crippen molar-refractivity contribution in [3.8, 4) is 0 Å². The fourth-order valence-electron chi connectivity index (χ4n) is 1.01. The molecule has 0 aliphatic rings. The van der Waals surface area contributed by atoms with Crippen LogP contribution in [0.2, 0.25) is 0 Å². The van der Waals surface area contributed by atoms with Crippen molar-refractivity contribution in [2.45, 2.75) is 18.7 Å². The Bertz CT molecular complexity index is 333. The third-order valence-corrected chi connectivity index (χ3v) is 2.89. The van der Waals surface area contributed by atoms with Gasteiger partial charge in [0.15, 0.2) is 5.60 Å². The second-order valence-electron chi connectivity index (χ2n) is 3.05. The maximum Gasteiger partial charge on any atom is 0.421 e. The van der Waals surface area contributed by atoms with Gasteiger partial charge in [0.05, 0.1) is 0 Å². The molecule has 0 aromatic heterocycles. The third-order valence-electron chi connectivity index (χ3n) is 1.95. The second kappa shape index (κ2) is 3.69. The van der Waals surface area contributed by atoms with Gasteiger partial charge in [0.1, 0.15) is 0 Å². The van der Waals surface area contributed by atoms with Gasteiger partial charge in [-0.05, 0) is 35.6 Å². The predicted octanol–water partition coefficient (Wildman–Crippen LogP) is 3.06. The highest BCUT2D eigenvalue weighted by Gasteiger charge is 2.51. The number of hydrogen-bond acceptors (Lipinski definition) is 1. The molecule has 0 aliphatic carbocycles. The normalized spacial score (nSPS) is 16.4. The summed E-state index contributed by atoms with van der Waals surface area (Å²) in [5, 5.41) is 9.37. The van der Waals surface area contributed by atoms with Gasteiger partial charge in [-0.15, -0.1) is 0 Å². The van der Waals surface area contributed by atoms with Crippen molar-refractivity contribution >= 4 is 22.6 Å². The Labute approximate surface area is 93.1 Å². The van der Waals surface area contributed by atoms with Crippen molar-refractivity contribution < 1.29 is 18.3 Å². The van der Waals surface area contributed by atoms with E-state index in [0.717, 1.165) is 6.92 Å². The van der Waals surface area contributed by atoms with Gasteiger partial charge in [-0.3, -0.25) is 0 Å². The molecule has 0 spiro atoms. The van der Waals surface area contributed by atoms with Crippen LogP contribution in [0.3, 0.4) is 0 Å². The number of hydrogen-bond donors (Lipinski definition) is 1. The minimum atomic E-state index is -4.66. The summed E-state index contributed by atoms with van der Waals surface area (Å²) >= 11 is 1.77. The number of benzene rings is 1. The Hall–Kier alpha value is -0.300. The lowest BCUT2D eigenvalue weighted by atomic mass is 9.96. The van der Waals surface area contributed by atoms with Gasteiger partial charge in [-0.25, -0.2) is 0 Å². The molecule has 0 saturated carbocycles. The lowest BCUT2D eigenvalue weighted by Gasteiger charge is -2.27. The summed E-state index contributed by atoms with van der Waals surface area (Å²) in [5.41, 5.74) is -2.90. The van der Waals surface area contributed by atoms with Crippen LogP contribution in [0.4, 0.5) is 13.2 Å². The molecule has 0 bridgehead atoms. The van der Waals surface area contributed by atoms with Crippen LogP contribution in [0.1, 0.15) is 12.5 Å². The molecule has 0 radical (unpaired) electrons. The van der Waals surface area contributed by atoms with E-state index in [0.29, 0.717) is 3.57 Å².